The van der Waals surface area contributed by atoms with Crippen molar-refractivity contribution in [2.75, 3.05) is 33.2 Å². The van der Waals surface area contributed by atoms with Crippen LogP contribution in [0.2, 0.25) is 0 Å². The second kappa shape index (κ2) is 5.28. The van der Waals surface area contributed by atoms with Crippen molar-refractivity contribution < 1.29 is 4.79 Å². The van der Waals surface area contributed by atoms with Gasteiger partial charge >= 0.3 is 0 Å². The summed E-state index contributed by atoms with van der Waals surface area (Å²) in [5.74, 6) is 0.0991. The number of likely N-dealkylation sites (tertiary alicyclic amines) is 2. The molecule has 2 unspecified atom stereocenters. The maximum absolute atomic E-state index is 13.2. The lowest BCUT2D eigenvalue weighted by Gasteiger charge is -2.56. The van der Waals surface area contributed by atoms with Gasteiger partial charge < -0.3 is 14.4 Å². The highest BCUT2D eigenvalue weighted by molar-refractivity contribution is 5.96. The lowest BCUT2D eigenvalue weighted by molar-refractivity contribution is -0.0554. The van der Waals surface area contributed by atoms with Crippen molar-refractivity contribution in [1.82, 2.24) is 24.3 Å². The Kier molecular flexibility index (Phi) is 3.30. The molecule has 2 saturated heterocycles. The molecule has 0 aromatic carbocycles. The van der Waals surface area contributed by atoms with E-state index in [1.807, 2.05) is 12.4 Å². The van der Waals surface area contributed by atoms with Crippen molar-refractivity contribution in [3.8, 4) is 0 Å². The maximum atomic E-state index is 13.2. The van der Waals surface area contributed by atoms with Crippen molar-refractivity contribution in [2.24, 2.45) is 10.8 Å². The summed E-state index contributed by atoms with van der Waals surface area (Å²) in [6.07, 6.45) is 7.21. The van der Waals surface area contributed by atoms with E-state index in [0.717, 1.165) is 37.3 Å². The van der Waals surface area contributed by atoms with E-state index in [2.05, 4.69) is 45.2 Å². The number of aromatic nitrogens is 3. The van der Waals surface area contributed by atoms with E-state index in [1.165, 1.54) is 19.3 Å². The van der Waals surface area contributed by atoms with Gasteiger partial charge in [-0.1, -0.05) is 13.8 Å². The Morgan fingerprint density at radius 2 is 1.81 bits per heavy atom. The Labute approximate surface area is 154 Å². The zero-order chi connectivity index (χ0) is 18.1. The monoisotopic (exact) mass is 353 g/mol. The van der Waals surface area contributed by atoms with Crippen LogP contribution in [0.4, 0.5) is 0 Å². The zero-order valence-electron chi connectivity index (χ0n) is 15.9. The molecule has 0 radical (unpaired) electrons. The third kappa shape index (κ3) is 2.62. The van der Waals surface area contributed by atoms with Crippen molar-refractivity contribution in [1.29, 1.82) is 0 Å². The number of hydrogen-bond donors (Lipinski definition) is 0. The first-order chi connectivity index (χ1) is 12.3. The fraction of sp³-hybridized carbons (Fsp3) is 0.650. The average molecular weight is 353 g/mol. The first-order valence-electron chi connectivity index (χ1n) is 9.65. The number of carbonyl (C=O) groups is 1. The summed E-state index contributed by atoms with van der Waals surface area (Å²) in [6.45, 7) is 8.38. The summed E-state index contributed by atoms with van der Waals surface area (Å²) in [5, 5.41) is 0. The minimum absolute atomic E-state index is 0.0991. The quantitative estimate of drug-likeness (QED) is 0.833. The highest BCUT2D eigenvalue weighted by atomic mass is 16.2. The first kappa shape index (κ1) is 16.2. The van der Waals surface area contributed by atoms with Gasteiger partial charge in [0.1, 0.15) is 5.52 Å². The number of carbonyl (C=O) groups excluding carboxylic acids is 1. The number of hydrogen-bond acceptors (Lipinski definition) is 4. The van der Waals surface area contributed by atoms with Crippen molar-refractivity contribution in [3.05, 3.63) is 24.2 Å². The van der Waals surface area contributed by atoms with Crippen LogP contribution in [0, 0.1) is 10.8 Å². The molecule has 2 atom stereocenters. The molecule has 3 aliphatic rings. The Bertz CT molecular complexity index is 867. The third-order valence-electron chi connectivity index (χ3n) is 6.19. The molecule has 26 heavy (non-hydrogen) atoms. The summed E-state index contributed by atoms with van der Waals surface area (Å²) in [6, 6.07) is 2.47. The van der Waals surface area contributed by atoms with Crippen LogP contribution in [0.15, 0.2) is 18.6 Å². The van der Waals surface area contributed by atoms with Gasteiger partial charge in [-0.2, -0.15) is 0 Å². The SMILES string of the molecule is CN1CC2(C)CN(C(=O)c3cnc4c(c3)ncn4C3CC3)CC(C)(C1)C2. The molecule has 1 amide bonds. The molecule has 0 spiro atoms. The largest absolute Gasteiger partial charge is 0.337 e. The number of piperidine rings is 2. The summed E-state index contributed by atoms with van der Waals surface area (Å²) in [7, 11) is 2.20. The molecule has 5 rings (SSSR count). The second-order valence-electron chi connectivity index (χ2n) is 9.58. The highest BCUT2D eigenvalue weighted by Crippen LogP contribution is 2.45. The molecule has 138 valence electrons. The fourth-order valence-corrected chi connectivity index (χ4v) is 5.67. The van der Waals surface area contributed by atoms with Gasteiger partial charge in [-0.25, -0.2) is 9.97 Å². The van der Waals surface area contributed by atoms with Gasteiger partial charge in [-0.3, -0.25) is 4.79 Å². The molecule has 1 aliphatic carbocycles. The molecule has 2 aliphatic heterocycles. The normalized spacial score (nSPS) is 32.2. The molecule has 6 nitrogen and oxygen atoms in total. The smallest absolute Gasteiger partial charge is 0.255 e. The average Bonchev–Trinajstić information content (AvgIpc) is 3.30. The Morgan fingerprint density at radius 3 is 2.46 bits per heavy atom. The van der Waals surface area contributed by atoms with E-state index >= 15 is 0 Å². The van der Waals surface area contributed by atoms with E-state index in [4.69, 9.17) is 0 Å². The van der Waals surface area contributed by atoms with Crippen LogP contribution in [-0.4, -0.2) is 63.5 Å². The van der Waals surface area contributed by atoms with Crippen molar-refractivity contribution >= 4 is 17.1 Å². The van der Waals surface area contributed by atoms with Crippen LogP contribution < -0.4 is 0 Å². The number of nitrogens with zero attached hydrogens (tertiary/aromatic N) is 5. The van der Waals surface area contributed by atoms with Gasteiger partial charge in [-0.15, -0.1) is 0 Å². The van der Waals surface area contributed by atoms with Gasteiger partial charge in [0.25, 0.3) is 5.91 Å². The minimum Gasteiger partial charge on any atom is -0.337 e. The molecular weight excluding hydrogens is 326 g/mol. The minimum atomic E-state index is 0.0991. The Balaban J connectivity index is 1.43. The molecule has 3 fully saturated rings. The predicted octanol–water partition coefficient (Wildman–Crippen LogP) is 2.57. The van der Waals surface area contributed by atoms with Gasteiger partial charge in [-0.05, 0) is 43.2 Å². The molecule has 1 saturated carbocycles. The van der Waals surface area contributed by atoms with Crippen LogP contribution in [0.1, 0.15) is 49.5 Å². The van der Waals surface area contributed by atoms with Gasteiger partial charge in [0.2, 0.25) is 0 Å². The van der Waals surface area contributed by atoms with Crippen LogP contribution in [0.25, 0.3) is 11.2 Å². The number of rotatable bonds is 2. The lowest BCUT2D eigenvalue weighted by atomic mass is 9.65. The molecule has 2 bridgehead atoms. The maximum Gasteiger partial charge on any atom is 0.255 e. The van der Waals surface area contributed by atoms with Crippen molar-refractivity contribution in [2.45, 2.75) is 39.2 Å². The topological polar surface area (TPSA) is 54.3 Å². The van der Waals surface area contributed by atoms with E-state index in [9.17, 15) is 4.79 Å². The fourth-order valence-electron chi connectivity index (χ4n) is 5.67. The lowest BCUT2D eigenvalue weighted by Crippen LogP contribution is -2.62. The second-order valence-corrected chi connectivity index (χ2v) is 9.58. The van der Waals surface area contributed by atoms with Gasteiger partial charge in [0, 0.05) is 38.4 Å². The van der Waals surface area contributed by atoms with E-state index in [-0.39, 0.29) is 16.7 Å². The highest BCUT2D eigenvalue weighted by Gasteiger charge is 2.48. The number of imidazole rings is 1. The molecule has 2 aromatic heterocycles. The van der Waals surface area contributed by atoms with Gasteiger partial charge in [0.15, 0.2) is 5.65 Å². The molecule has 0 N–H and O–H groups in total. The van der Waals surface area contributed by atoms with E-state index in [0.29, 0.717) is 11.6 Å². The van der Waals surface area contributed by atoms with Crippen LogP contribution in [0.3, 0.4) is 0 Å². The summed E-state index contributed by atoms with van der Waals surface area (Å²) < 4.78 is 2.15. The van der Waals surface area contributed by atoms with Crippen molar-refractivity contribution in [3.63, 3.8) is 0 Å². The van der Waals surface area contributed by atoms with E-state index in [1.54, 1.807) is 6.20 Å². The van der Waals surface area contributed by atoms with Gasteiger partial charge in [0.05, 0.1) is 11.9 Å². The summed E-state index contributed by atoms with van der Waals surface area (Å²) in [4.78, 5) is 26.8. The molecule has 2 aromatic rings. The Morgan fingerprint density at radius 1 is 1.12 bits per heavy atom. The van der Waals surface area contributed by atoms with Crippen LogP contribution >= 0.6 is 0 Å². The zero-order valence-corrected chi connectivity index (χ0v) is 15.9. The first-order valence-corrected chi connectivity index (χ1v) is 9.65. The number of fused-ring (bicyclic) bond motifs is 3. The third-order valence-corrected chi connectivity index (χ3v) is 6.19. The summed E-state index contributed by atoms with van der Waals surface area (Å²) in [5.41, 5.74) is 2.73. The molecular formula is C20H27N5O. The standard InChI is InChI=1S/C20H27N5O/c1-19-8-20(2,10-23(3)9-19)12-24(11-19)18(26)14-6-16-17(21-7-14)25(13-22-16)15-4-5-15/h6-7,13,15H,4-5,8-12H2,1-3H3. The van der Waals surface area contributed by atoms with Crippen LogP contribution in [-0.2, 0) is 0 Å². The predicted molar refractivity (Wildman–Crippen MR) is 100 cm³/mol. The molecule has 6 heteroatoms. The summed E-state index contributed by atoms with van der Waals surface area (Å²) >= 11 is 0. The number of amides is 1. The van der Waals surface area contributed by atoms with Crippen LogP contribution in [0.5, 0.6) is 0 Å². The van der Waals surface area contributed by atoms with E-state index < -0.39 is 0 Å². The molecule has 4 heterocycles. The Hall–Kier alpha value is -1.95. The number of pyridine rings is 1.